The Kier molecular flexibility index (Phi) is 3.23. The molecule has 23 heavy (non-hydrogen) atoms. The second kappa shape index (κ2) is 5.27. The highest BCUT2D eigenvalue weighted by molar-refractivity contribution is 5.87. The van der Waals surface area contributed by atoms with Gasteiger partial charge in [0.25, 0.3) is 0 Å². The van der Waals surface area contributed by atoms with Gasteiger partial charge in [-0.05, 0) is 17.7 Å². The van der Waals surface area contributed by atoms with Crippen molar-refractivity contribution in [2.45, 2.75) is 18.8 Å². The first-order valence-electron chi connectivity index (χ1n) is 7.36. The van der Waals surface area contributed by atoms with Gasteiger partial charge in [0, 0.05) is 6.54 Å². The van der Waals surface area contributed by atoms with Gasteiger partial charge < -0.3 is 24.6 Å². The normalized spacial score (nSPS) is 29.7. The number of carbonyl (C=O) groups excluding carboxylic acids is 1. The van der Waals surface area contributed by atoms with Crippen LogP contribution in [0.25, 0.3) is 0 Å². The van der Waals surface area contributed by atoms with Crippen molar-refractivity contribution < 1.29 is 28.9 Å². The molecule has 0 aliphatic carbocycles. The van der Waals surface area contributed by atoms with Gasteiger partial charge in [-0.1, -0.05) is 18.2 Å². The second-order valence-corrected chi connectivity index (χ2v) is 5.75. The number of carboxylic acids is 1. The Hall–Kier alpha value is -2.54. The Bertz CT molecular complexity index is 700. The Morgan fingerprint density at radius 3 is 2.65 bits per heavy atom. The molecule has 7 heteroatoms. The molecule has 1 aromatic carbocycles. The molecule has 3 heterocycles. The number of rotatable bonds is 4. The van der Waals surface area contributed by atoms with E-state index in [4.69, 9.17) is 14.2 Å². The summed E-state index contributed by atoms with van der Waals surface area (Å²) in [6.07, 6.45) is 2.50. The molecule has 1 aromatic rings. The molecule has 0 spiro atoms. The first kappa shape index (κ1) is 14.1. The average Bonchev–Trinajstić information content (AvgIpc) is 3.25. The molecule has 0 unspecified atom stereocenters. The fourth-order valence-electron chi connectivity index (χ4n) is 3.27. The van der Waals surface area contributed by atoms with Gasteiger partial charge in [-0.25, -0.2) is 0 Å². The molecule has 1 saturated heterocycles. The third-order valence-electron chi connectivity index (χ3n) is 4.39. The molecule has 7 nitrogen and oxygen atoms in total. The van der Waals surface area contributed by atoms with E-state index >= 15 is 0 Å². The summed E-state index contributed by atoms with van der Waals surface area (Å²) in [5, 5.41) is 12.1. The lowest BCUT2D eigenvalue weighted by Gasteiger charge is -2.21. The van der Waals surface area contributed by atoms with Crippen molar-refractivity contribution in [3.63, 3.8) is 0 Å². The van der Waals surface area contributed by atoms with E-state index in [-0.39, 0.29) is 12.7 Å². The zero-order chi connectivity index (χ0) is 16.0. The van der Waals surface area contributed by atoms with E-state index < -0.39 is 30.0 Å². The SMILES string of the molecule is O=C(NCc1ccc2c(c1)OCO2)[C@@H]1[C@H](C(=O)O)[C@H]2C=C[C@H]1O2. The van der Waals surface area contributed by atoms with Crippen molar-refractivity contribution in [2.75, 3.05) is 6.79 Å². The van der Waals surface area contributed by atoms with E-state index in [1.165, 1.54) is 0 Å². The smallest absolute Gasteiger partial charge is 0.310 e. The lowest BCUT2D eigenvalue weighted by molar-refractivity contribution is -0.146. The van der Waals surface area contributed by atoms with Crippen molar-refractivity contribution >= 4 is 11.9 Å². The van der Waals surface area contributed by atoms with Crippen LogP contribution in [-0.2, 0) is 20.9 Å². The minimum Gasteiger partial charge on any atom is -0.481 e. The van der Waals surface area contributed by atoms with Crippen LogP contribution in [0.3, 0.4) is 0 Å². The average molecular weight is 317 g/mol. The highest BCUT2D eigenvalue weighted by atomic mass is 16.7. The third-order valence-corrected chi connectivity index (χ3v) is 4.39. The Labute approximate surface area is 131 Å². The number of nitrogens with one attached hydrogen (secondary N) is 1. The largest absolute Gasteiger partial charge is 0.481 e. The summed E-state index contributed by atoms with van der Waals surface area (Å²) in [6.45, 7) is 0.486. The fraction of sp³-hybridized carbons (Fsp3) is 0.375. The standard InChI is InChI=1S/C16H15NO6/c18-15(13-10-3-4-11(23-10)14(13)16(19)20)17-6-8-1-2-9-12(5-8)22-7-21-9/h1-5,10-11,13-14H,6-7H2,(H,17,18)(H,19,20)/t10-,11-,13+,14-/m1/s1. The summed E-state index contributed by atoms with van der Waals surface area (Å²) in [5.41, 5.74) is 0.856. The molecule has 2 bridgehead atoms. The molecule has 120 valence electrons. The van der Waals surface area contributed by atoms with Crippen molar-refractivity contribution in [2.24, 2.45) is 11.8 Å². The summed E-state index contributed by atoms with van der Waals surface area (Å²) >= 11 is 0. The summed E-state index contributed by atoms with van der Waals surface area (Å²) < 4.78 is 16.0. The van der Waals surface area contributed by atoms with E-state index in [0.717, 1.165) is 5.56 Å². The van der Waals surface area contributed by atoms with Gasteiger partial charge in [0.15, 0.2) is 11.5 Å². The predicted molar refractivity (Wildman–Crippen MR) is 76.8 cm³/mol. The van der Waals surface area contributed by atoms with E-state index in [2.05, 4.69) is 5.32 Å². The van der Waals surface area contributed by atoms with Crippen LogP contribution in [0.2, 0.25) is 0 Å². The molecule has 2 N–H and O–H groups in total. The Morgan fingerprint density at radius 1 is 1.13 bits per heavy atom. The maximum Gasteiger partial charge on any atom is 0.310 e. The van der Waals surface area contributed by atoms with E-state index in [0.29, 0.717) is 18.0 Å². The van der Waals surface area contributed by atoms with Crippen molar-refractivity contribution in [1.29, 1.82) is 0 Å². The third kappa shape index (κ3) is 2.33. The van der Waals surface area contributed by atoms with E-state index in [1.807, 2.05) is 6.07 Å². The monoisotopic (exact) mass is 317 g/mol. The molecule has 1 fully saturated rings. The Balaban J connectivity index is 1.44. The van der Waals surface area contributed by atoms with Gasteiger partial charge >= 0.3 is 5.97 Å². The number of hydrogen-bond acceptors (Lipinski definition) is 5. The van der Waals surface area contributed by atoms with Crippen LogP contribution in [0.5, 0.6) is 11.5 Å². The van der Waals surface area contributed by atoms with Gasteiger partial charge in [0.1, 0.15) is 5.92 Å². The maximum absolute atomic E-state index is 12.4. The zero-order valence-corrected chi connectivity index (χ0v) is 12.1. The van der Waals surface area contributed by atoms with Gasteiger partial charge in [-0.3, -0.25) is 9.59 Å². The zero-order valence-electron chi connectivity index (χ0n) is 12.1. The van der Waals surface area contributed by atoms with Gasteiger partial charge in [0.05, 0.1) is 18.1 Å². The van der Waals surface area contributed by atoms with Gasteiger partial charge in [-0.2, -0.15) is 0 Å². The molecule has 0 saturated carbocycles. The molecule has 3 aliphatic heterocycles. The highest BCUT2D eigenvalue weighted by Crippen LogP contribution is 2.39. The number of benzene rings is 1. The number of fused-ring (bicyclic) bond motifs is 3. The van der Waals surface area contributed by atoms with Crippen LogP contribution in [-0.4, -0.2) is 36.0 Å². The molecule has 0 radical (unpaired) electrons. The Morgan fingerprint density at radius 2 is 1.87 bits per heavy atom. The van der Waals surface area contributed by atoms with Crippen LogP contribution in [0.4, 0.5) is 0 Å². The van der Waals surface area contributed by atoms with E-state index in [9.17, 15) is 14.7 Å². The molecule has 1 amide bonds. The molecule has 4 rings (SSSR count). The lowest BCUT2D eigenvalue weighted by atomic mass is 9.82. The van der Waals surface area contributed by atoms with Crippen LogP contribution < -0.4 is 14.8 Å². The number of carboxylic acid groups (broad SMARTS) is 1. The molecular formula is C16H15NO6. The molecule has 3 aliphatic rings. The number of ether oxygens (including phenoxy) is 3. The number of amides is 1. The minimum absolute atomic E-state index is 0.195. The van der Waals surface area contributed by atoms with Gasteiger partial charge in [0.2, 0.25) is 12.7 Å². The molecule has 4 atom stereocenters. The van der Waals surface area contributed by atoms with Gasteiger partial charge in [-0.15, -0.1) is 0 Å². The summed E-state index contributed by atoms with van der Waals surface area (Å²) in [7, 11) is 0. The van der Waals surface area contributed by atoms with Crippen LogP contribution in [0.1, 0.15) is 5.56 Å². The van der Waals surface area contributed by atoms with Crippen LogP contribution in [0, 0.1) is 11.8 Å². The first-order chi connectivity index (χ1) is 11.1. The minimum atomic E-state index is -1.01. The highest BCUT2D eigenvalue weighted by Gasteiger charge is 2.53. The number of carbonyl (C=O) groups is 2. The summed E-state index contributed by atoms with van der Waals surface area (Å²) in [6, 6.07) is 5.42. The molecule has 0 aromatic heterocycles. The van der Waals surface area contributed by atoms with Crippen molar-refractivity contribution in [3.8, 4) is 11.5 Å². The van der Waals surface area contributed by atoms with Crippen molar-refractivity contribution in [3.05, 3.63) is 35.9 Å². The fourth-order valence-corrected chi connectivity index (χ4v) is 3.27. The summed E-state index contributed by atoms with van der Waals surface area (Å²) in [4.78, 5) is 23.8. The molecular weight excluding hydrogens is 302 g/mol. The maximum atomic E-state index is 12.4. The topological polar surface area (TPSA) is 94.1 Å². The number of hydrogen-bond donors (Lipinski definition) is 2. The van der Waals surface area contributed by atoms with Crippen molar-refractivity contribution in [1.82, 2.24) is 5.32 Å². The first-order valence-corrected chi connectivity index (χ1v) is 7.36. The van der Waals surface area contributed by atoms with E-state index in [1.54, 1.807) is 24.3 Å². The number of aliphatic carboxylic acids is 1. The van der Waals surface area contributed by atoms with Crippen LogP contribution in [0.15, 0.2) is 30.4 Å². The van der Waals surface area contributed by atoms with Crippen LogP contribution >= 0.6 is 0 Å². The quantitative estimate of drug-likeness (QED) is 0.793. The second-order valence-electron chi connectivity index (χ2n) is 5.75. The summed E-state index contributed by atoms with van der Waals surface area (Å²) in [5.74, 6) is -1.53. The lowest BCUT2D eigenvalue weighted by Crippen LogP contribution is -2.42. The predicted octanol–water partition coefficient (Wildman–Crippen LogP) is 0.686.